The molecule has 4 N–H and O–H groups in total. The second-order valence-corrected chi connectivity index (χ2v) is 42.5. The molecule has 2 aromatic heterocycles. The van der Waals surface area contributed by atoms with Crippen LogP contribution in [0.5, 0.6) is 23.0 Å². The van der Waals surface area contributed by atoms with E-state index in [-0.39, 0.29) is 26.2 Å². The van der Waals surface area contributed by atoms with E-state index >= 15 is 0 Å². The van der Waals surface area contributed by atoms with Crippen LogP contribution in [0.4, 0.5) is 34.4 Å². The van der Waals surface area contributed by atoms with Gasteiger partial charge in [-0.2, -0.15) is 10.5 Å². The van der Waals surface area contributed by atoms with Crippen LogP contribution in [-0.2, 0) is 25.2 Å². The summed E-state index contributed by atoms with van der Waals surface area (Å²) in [6.07, 6.45) is 5.19. The predicted octanol–water partition coefficient (Wildman–Crippen LogP) is 22.4. The molecule has 0 saturated carbocycles. The number of anilines is 6. The average Bonchev–Trinajstić information content (AvgIpc) is 0.771. The standard InChI is InChI=1S/C27H29N5O2.C24H25N5O2.4C18H15P.C2H4O2.Pd/c1-4-15-34-26-18-22(6-7-24(26)32-13-11-31(2)12-14-32)30-27-17-21(9-10-29-27)23-16-20(19-28)5-8-25(23)33-3;1-28-9-11-29(12-10-28)21-5-4-19(15-22(21)30)27-24-14-18(7-8-26-24)20-13-17(16-25)3-6-23(20)31-2;4*1-4-10-16(11-5-1)19(17-12-6-2-7-13-17)18-14-8-3-9-15-18;1-2(3)4;/h4-10,16-18H,1,11-15H2,2-3H3,(H,29,30);3-8,13-15,30H,9-12H2,1-2H3,(H,26,27);4*1-15H;1H3,(H,3,4);. The van der Waals surface area contributed by atoms with Gasteiger partial charge < -0.3 is 54.7 Å². The molecule has 0 unspecified atom stereocenters. The monoisotopic (exact) mass is 2080 g/mol. The van der Waals surface area contributed by atoms with Crippen LogP contribution in [0, 0.1) is 22.7 Å². The maximum Gasteiger partial charge on any atom is 0.300 e. The maximum atomic E-state index is 10.6. The normalized spacial score (nSPS) is 11.9. The van der Waals surface area contributed by atoms with Crippen LogP contribution in [0.15, 0.2) is 486 Å². The van der Waals surface area contributed by atoms with Crippen molar-refractivity contribution in [3.63, 3.8) is 0 Å². The first-order valence-electron chi connectivity index (χ1n) is 47.9. The summed E-state index contributed by atoms with van der Waals surface area (Å²) in [7, 11) is 5.70. The Morgan fingerprint density at radius 1 is 0.349 bits per heavy atom. The molecule has 0 aliphatic carbocycles. The van der Waals surface area contributed by atoms with Crippen LogP contribution in [0.2, 0.25) is 0 Å². The van der Waals surface area contributed by atoms with Crippen LogP contribution in [0.3, 0.4) is 0 Å². The van der Waals surface area contributed by atoms with Gasteiger partial charge in [0.1, 0.15) is 41.2 Å². The third-order valence-corrected chi connectivity index (χ3v) is 33.3. The largest absolute Gasteiger partial charge is 0.506 e. The topological polar surface area (TPSA) is 196 Å². The third-order valence-electron chi connectivity index (χ3n) is 23.5. The molecule has 734 valence electrons. The van der Waals surface area contributed by atoms with E-state index in [4.69, 9.17) is 24.1 Å². The first kappa shape index (κ1) is 108. The van der Waals surface area contributed by atoms with Gasteiger partial charge in [0.15, 0.2) is 0 Å². The number of phenolic OH excluding ortho intramolecular Hbond substituents is 1. The second kappa shape index (κ2) is 57.9. The van der Waals surface area contributed by atoms with Crippen molar-refractivity contribution >= 4 is 136 Å². The van der Waals surface area contributed by atoms with Gasteiger partial charge in [-0.05, 0) is 205 Å². The molecule has 2 aliphatic heterocycles. The summed E-state index contributed by atoms with van der Waals surface area (Å²) in [5.41, 5.74) is 8.13. The zero-order valence-corrected chi connectivity index (χ0v) is 87.5. The van der Waals surface area contributed by atoms with Crippen molar-refractivity contribution in [1.29, 1.82) is 10.5 Å². The molecule has 2 aliphatic rings. The fourth-order valence-electron chi connectivity index (χ4n) is 16.4. The molecule has 18 aromatic rings. The Bertz CT molecular complexity index is 6230. The zero-order valence-electron chi connectivity index (χ0n) is 82.4. The number of piperazine rings is 2. The molecule has 21 heteroatoms. The average molecular weight is 2090 g/mol. The van der Waals surface area contributed by atoms with Gasteiger partial charge in [-0.25, -0.2) is 9.97 Å². The third kappa shape index (κ3) is 31.9. The number of hydrogen-bond donors (Lipinski definition) is 4. The summed E-state index contributed by atoms with van der Waals surface area (Å²) in [5.74, 6) is 2.93. The van der Waals surface area contributed by atoms with Gasteiger partial charge in [0.2, 0.25) is 0 Å². The van der Waals surface area contributed by atoms with Crippen molar-refractivity contribution in [2.75, 3.05) is 108 Å². The summed E-state index contributed by atoms with van der Waals surface area (Å²) < 4.78 is 17.0. The number of pyridine rings is 2. The molecule has 0 spiro atoms. The number of likely N-dealkylation sites (N-methyl/N-ethyl adjacent to an activating group) is 2. The molecule has 2 saturated heterocycles. The number of nitrogens with one attached hydrogen (secondary N) is 2. The zero-order chi connectivity index (χ0) is 101. The van der Waals surface area contributed by atoms with E-state index in [9.17, 15) is 15.6 Å². The van der Waals surface area contributed by atoms with Gasteiger partial charge in [-0.15, -0.1) is 0 Å². The number of benzene rings is 16. The summed E-state index contributed by atoms with van der Waals surface area (Å²) in [6, 6.07) is 164. The number of carbonyl (C=O) groups is 1. The van der Waals surface area contributed by atoms with E-state index in [1.54, 1.807) is 63.0 Å². The maximum absolute atomic E-state index is 10.6. The predicted molar refractivity (Wildman–Crippen MR) is 612 cm³/mol. The van der Waals surface area contributed by atoms with Crippen molar-refractivity contribution in [1.82, 2.24) is 19.8 Å². The molecule has 16 aromatic carbocycles. The van der Waals surface area contributed by atoms with Gasteiger partial charge in [0.05, 0.1) is 48.9 Å². The van der Waals surface area contributed by atoms with E-state index in [0.29, 0.717) is 40.9 Å². The summed E-state index contributed by atoms with van der Waals surface area (Å²) >= 11 is 0. The smallest absolute Gasteiger partial charge is 0.300 e. The number of aliphatic carboxylic acids is 1. The SMILES string of the molecule is C=CCOc1cc(Nc2cc(-c3cc(C#N)ccc3OC)ccn2)ccc1N1CCN(C)CC1.CC(=O)O.COc1ccc(C#N)cc1-c1ccnc(Nc2ccc(N3CCN(C)CC3)c(O)c2)c1.[Pd].c1ccc(P(c2ccccc2)c2ccccc2)cc1.c1ccc(P(c2ccccc2)c2ccccc2)cc1.c1ccc(P(c2ccccc2)c2ccccc2)cc1.c1ccc(P(c2ccccc2)c2ccccc2)cc1. The fraction of sp³-hybridized carbons (Fsp3) is 0.112. The number of ether oxygens (including phenoxy) is 3. The molecule has 20 rings (SSSR count). The number of aromatic hydroxyl groups is 1. The number of nitrogens with zero attached hydrogens (tertiary/aromatic N) is 8. The Hall–Kier alpha value is -15.3. The summed E-state index contributed by atoms with van der Waals surface area (Å²) in [5, 5.41) is 59.9. The first-order valence-corrected chi connectivity index (χ1v) is 53.3. The van der Waals surface area contributed by atoms with Crippen LogP contribution in [0.1, 0.15) is 18.1 Å². The second-order valence-electron chi connectivity index (χ2n) is 33.6. The van der Waals surface area contributed by atoms with Gasteiger partial charge in [0, 0.05) is 127 Å². The van der Waals surface area contributed by atoms with Crippen LogP contribution < -0.4 is 98.3 Å². The van der Waals surface area contributed by atoms with Gasteiger partial charge in [0.25, 0.3) is 5.97 Å². The fourth-order valence-corrected chi connectivity index (χ4v) is 25.7. The van der Waals surface area contributed by atoms with E-state index in [1.165, 1.54) is 63.7 Å². The molecule has 0 radical (unpaired) electrons. The van der Waals surface area contributed by atoms with Crippen molar-refractivity contribution in [2.24, 2.45) is 0 Å². The van der Waals surface area contributed by atoms with Crippen LogP contribution in [0.25, 0.3) is 22.3 Å². The van der Waals surface area contributed by atoms with Gasteiger partial charge in [-0.3, -0.25) is 4.79 Å². The Labute approximate surface area is 878 Å². The van der Waals surface area contributed by atoms with Gasteiger partial charge in [-0.1, -0.05) is 377 Å². The van der Waals surface area contributed by atoms with Crippen molar-refractivity contribution in [3.8, 4) is 57.4 Å². The molecule has 146 heavy (non-hydrogen) atoms. The van der Waals surface area contributed by atoms with E-state index in [0.717, 1.165) is 110 Å². The number of methoxy groups -OCH3 is 2. The summed E-state index contributed by atoms with van der Waals surface area (Å²) in [6.45, 7) is 13.0. The van der Waals surface area contributed by atoms with Crippen molar-refractivity contribution < 1.29 is 49.6 Å². The Morgan fingerprint density at radius 2 is 0.596 bits per heavy atom. The number of nitriles is 2. The number of carboxylic acid groups (broad SMARTS) is 1. The molecule has 0 atom stereocenters. The minimum Gasteiger partial charge on any atom is -0.506 e. The van der Waals surface area contributed by atoms with Crippen molar-refractivity contribution in [2.45, 2.75) is 6.92 Å². The Morgan fingerprint density at radius 3 is 0.836 bits per heavy atom. The number of rotatable bonds is 25. The minimum atomic E-state index is -0.833. The van der Waals surface area contributed by atoms with E-state index in [1.807, 2.05) is 60.7 Å². The Kier molecular flexibility index (Phi) is 42.8. The minimum absolute atomic E-state index is 0. The molecule has 16 nitrogen and oxygen atoms in total. The molecule has 0 amide bonds. The molecular formula is C125H118N10O6P4Pd. The van der Waals surface area contributed by atoms with Crippen molar-refractivity contribution in [3.05, 3.63) is 497 Å². The molecule has 2 fully saturated rings. The molecule has 0 bridgehead atoms. The van der Waals surface area contributed by atoms with Crippen LogP contribution >= 0.6 is 31.7 Å². The van der Waals surface area contributed by atoms with E-state index < -0.39 is 37.7 Å². The van der Waals surface area contributed by atoms with E-state index in [2.05, 4.69) is 443 Å². The number of hydrogen-bond acceptors (Lipinski definition) is 15. The Balaban J connectivity index is 0.000000148. The quantitative estimate of drug-likeness (QED) is 0.0239. The first-order chi connectivity index (χ1) is 71.2. The number of aromatic nitrogens is 2. The van der Waals surface area contributed by atoms with Crippen LogP contribution in [-0.4, -0.2) is 123 Å². The summed E-state index contributed by atoms with van der Waals surface area (Å²) in [4.78, 5) is 27.0. The number of carboxylic acids is 1. The van der Waals surface area contributed by atoms with Gasteiger partial charge >= 0.3 is 0 Å². The molecule has 4 heterocycles. The number of phenols is 1. The molecular weight excluding hydrogens is 1970 g/mol.